The molecular weight excluding hydrogens is 1050 g/mol. The zero-order valence-corrected chi connectivity index (χ0v) is 50.3. The van der Waals surface area contributed by atoms with Gasteiger partial charge in [0.1, 0.15) is 17.6 Å². The van der Waals surface area contributed by atoms with Crippen LogP contribution in [-0.2, 0) is 0 Å². The maximum atomic E-state index is 11.5. The third-order valence-corrected chi connectivity index (χ3v) is 15.4. The molecule has 0 aliphatic heterocycles. The van der Waals surface area contributed by atoms with Gasteiger partial charge in [0.25, 0.3) is 0 Å². The standard InChI is InChI=1S/C80H74N2O4/c1-57(2)20-17-22-59(5)48-50-85-78-55-66(79(86-51-49-60(6)23-18-21-58(3)4)54-65(78)41-36-61-38-44-71(45-39-61)82(69-26-9-7-10-27-69)70-28-11-8-12-29-70)43-47-77-74-32-15-13-30-72(74)76(73-31-14-16-33-75(73)77)46-42-64-40-37-63(53-68(64)56-81)35-34-62-24-19-25-67(52-62)80(83)84/h7-16,19,24-33,37-40,44-45,52-55,57-60H,17-18,20-23,48-51H2,1-6H3,(H,83,84). The van der Waals surface area contributed by atoms with Crippen LogP contribution in [0, 0.1) is 82.4 Å². The summed E-state index contributed by atoms with van der Waals surface area (Å²) < 4.78 is 13.7. The molecule has 428 valence electrons. The Kier molecular flexibility index (Phi) is 21.2. The predicted octanol–water partition coefficient (Wildman–Crippen LogP) is 19.1. The Morgan fingerprint density at radius 3 is 1.33 bits per heavy atom. The number of carboxylic acid groups (broad SMARTS) is 1. The van der Waals surface area contributed by atoms with Crippen LogP contribution in [0.3, 0.4) is 0 Å². The maximum absolute atomic E-state index is 11.5. The number of nitriles is 1. The van der Waals surface area contributed by atoms with Crippen LogP contribution >= 0.6 is 0 Å². The Morgan fingerprint density at radius 2 is 0.849 bits per heavy atom. The number of nitrogens with zero attached hydrogens (tertiary/aromatic N) is 2. The Morgan fingerprint density at radius 1 is 0.419 bits per heavy atom. The molecule has 0 fully saturated rings. The molecule has 6 nitrogen and oxygen atoms in total. The summed E-state index contributed by atoms with van der Waals surface area (Å²) in [5.41, 5.74) is 9.50. The van der Waals surface area contributed by atoms with Crippen molar-refractivity contribution in [2.24, 2.45) is 23.7 Å². The van der Waals surface area contributed by atoms with Crippen molar-refractivity contribution in [3.63, 3.8) is 0 Å². The zero-order chi connectivity index (χ0) is 60.2. The molecule has 0 bridgehead atoms. The molecule has 0 saturated carbocycles. The number of hydrogen-bond acceptors (Lipinski definition) is 5. The summed E-state index contributed by atoms with van der Waals surface area (Å²) in [4.78, 5) is 13.8. The highest BCUT2D eigenvalue weighted by Crippen LogP contribution is 2.36. The Balaban J connectivity index is 1.10. The number of hydrogen-bond donors (Lipinski definition) is 1. The highest BCUT2D eigenvalue weighted by molar-refractivity contribution is 6.10. The van der Waals surface area contributed by atoms with E-state index >= 15 is 0 Å². The molecular formula is C80H74N2O4. The Labute approximate surface area is 509 Å². The number of benzene rings is 9. The van der Waals surface area contributed by atoms with Gasteiger partial charge in [-0.3, -0.25) is 0 Å². The van der Waals surface area contributed by atoms with Crippen molar-refractivity contribution in [1.82, 2.24) is 0 Å². The van der Waals surface area contributed by atoms with E-state index in [1.54, 1.807) is 18.2 Å². The fourth-order valence-electron chi connectivity index (χ4n) is 10.6. The average molecular weight is 1130 g/mol. The van der Waals surface area contributed by atoms with E-state index < -0.39 is 5.97 Å². The van der Waals surface area contributed by atoms with Crippen LogP contribution in [0.15, 0.2) is 188 Å². The van der Waals surface area contributed by atoms with E-state index in [0.717, 1.165) is 92.1 Å². The molecule has 0 aromatic heterocycles. The fraction of sp³-hybridized carbons (Fsp3) is 0.250. The minimum atomic E-state index is -1.02. The lowest BCUT2D eigenvalue weighted by molar-refractivity contribution is 0.0696. The van der Waals surface area contributed by atoms with Gasteiger partial charge in [-0.1, -0.05) is 218 Å². The quantitative estimate of drug-likeness (QED) is 0.0605. The summed E-state index contributed by atoms with van der Waals surface area (Å²) in [5, 5.41) is 23.5. The van der Waals surface area contributed by atoms with Gasteiger partial charge in [-0.2, -0.15) is 5.26 Å². The Bertz CT molecular complexity index is 4030. The monoisotopic (exact) mass is 1130 g/mol. The summed E-state index contributed by atoms with van der Waals surface area (Å²) >= 11 is 0. The van der Waals surface area contributed by atoms with Gasteiger partial charge in [0, 0.05) is 62.6 Å². The number of anilines is 3. The van der Waals surface area contributed by atoms with Crippen LogP contribution in [0.4, 0.5) is 17.1 Å². The van der Waals surface area contributed by atoms with E-state index in [9.17, 15) is 15.2 Å². The predicted molar refractivity (Wildman–Crippen MR) is 353 cm³/mol. The molecule has 0 saturated heterocycles. The first-order valence-corrected chi connectivity index (χ1v) is 30.2. The van der Waals surface area contributed by atoms with Crippen LogP contribution in [-0.4, -0.2) is 24.3 Å². The first-order chi connectivity index (χ1) is 41.9. The summed E-state index contributed by atoms with van der Waals surface area (Å²) in [6.07, 6.45) is 8.95. The van der Waals surface area contributed by atoms with Gasteiger partial charge < -0.3 is 19.5 Å². The van der Waals surface area contributed by atoms with Crippen LogP contribution < -0.4 is 14.4 Å². The van der Waals surface area contributed by atoms with Crippen LogP contribution in [0.25, 0.3) is 21.5 Å². The second kappa shape index (κ2) is 30.1. The molecule has 9 rings (SSSR count). The molecule has 0 aliphatic rings. The molecule has 0 spiro atoms. The number of rotatable bonds is 20. The molecule has 9 aromatic carbocycles. The van der Waals surface area contributed by atoms with E-state index in [2.05, 4.69) is 197 Å². The summed E-state index contributed by atoms with van der Waals surface area (Å²) in [7, 11) is 0. The highest BCUT2D eigenvalue weighted by Gasteiger charge is 2.17. The molecule has 6 heteroatoms. The first-order valence-electron chi connectivity index (χ1n) is 30.2. The maximum Gasteiger partial charge on any atom is 0.335 e. The van der Waals surface area contributed by atoms with Crippen molar-refractivity contribution in [3.8, 4) is 64.9 Å². The number of aromatic carboxylic acids is 1. The van der Waals surface area contributed by atoms with Crippen LogP contribution in [0.5, 0.6) is 11.5 Å². The normalized spacial score (nSPS) is 11.4. The zero-order valence-electron chi connectivity index (χ0n) is 50.3. The lowest BCUT2D eigenvalue weighted by atomic mass is 9.91. The van der Waals surface area contributed by atoms with Crippen molar-refractivity contribution in [1.29, 1.82) is 5.26 Å². The van der Waals surface area contributed by atoms with Gasteiger partial charge in [-0.25, -0.2) is 4.79 Å². The fourth-order valence-corrected chi connectivity index (χ4v) is 10.6. The summed E-state index contributed by atoms with van der Waals surface area (Å²) in [5.74, 6) is 30.0. The van der Waals surface area contributed by atoms with Crippen LogP contribution in [0.1, 0.15) is 153 Å². The van der Waals surface area contributed by atoms with Gasteiger partial charge in [-0.05, 0) is 143 Å². The van der Waals surface area contributed by atoms with Gasteiger partial charge >= 0.3 is 5.97 Å². The Hall–Kier alpha value is -9.90. The van der Waals surface area contributed by atoms with Crippen LogP contribution in [0.2, 0.25) is 0 Å². The first kappa shape index (κ1) is 60.7. The molecule has 0 amide bonds. The number of ether oxygens (including phenoxy) is 2. The van der Waals surface area contributed by atoms with Gasteiger partial charge in [0.05, 0.1) is 35.5 Å². The molecule has 9 aromatic rings. The number of carboxylic acids is 1. The van der Waals surface area contributed by atoms with Crippen molar-refractivity contribution in [3.05, 3.63) is 244 Å². The van der Waals surface area contributed by atoms with Crippen molar-refractivity contribution >= 4 is 44.6 Å². The SMILES string of the molecule is CC(C)CCCC(C)CCOc1cc(C#Cc2c3ccccc3c(C#Cc3ccc(C#Cc4cccc(C(=O)O)c4)cc3C#N)c3ccccc23)c(OCCC(C)CCCC(C)C)cc1C#Cc1ccc(N(c2ccccc2)c2ccccc2)cc1. The van der Waals surface area contributed by atoms with E-state index in [-0.39, 0.29) is 5.56 Å². The third kappa shape index (κ3) is 16.5. The van der Waals surface area contributed by atoms with E-state index in [4.69, 9.17) is 9.47 Å². The minimum Gasteiger partial charge on any atom is -0.492 e. The minimum absolute atomic E-state index is 0.159. The van der Waals surface area contributed by atoms with Gasteiger partial charge in [-0.15, -0.1) is 0 Å². The van der Waals surface area contributed by atoms with E-state index in [1.807, 2.05) is 60.7 Å². The molecule has 2 atom stereocenters. The van der Waals surface area contributed by atoms with Gasteiger partial charge in [0.2, 0.25) is 0 Å². The highest BCUT2D eigenvalue weighted by atomic mass is 16.5. The molecule has 1 N–H and O–H groups in total. The number of para-hydroxylation sites is 2. The molecule has 0 radical (unpaired) electrons. The molecule has 2 unspecified atom stereocenters. The average Bonchev–Trinajstić information content (AvgIpc) is 1.20. The van der Waals surface area contributed by atoms with E-state index in [1.165, 1.54) is 37.8 Å². The van der Waals surface area contributed by atoms with E-state index in [0.29, 0.717) is 70.6 Å². The molecule has 0 heterocycles. The number of fused-ring (bicyclic) bond motifs is 2. The second-order valence-electron chi connectivity index (χ2n) is 23.1. The van der Waals surface area contributed by atoms with Crippen molar-refractivity contribution in [2.45, 2.75) is 92.9 Å². The summed E-state index contributed by atoms with van der Waals surface area (Å²) in [6.45, 7) is 14.9. The smallest absolute Gasteiger partial charge is 0.335 e. The third-order valence-electron chi connectivity index (χ3n) is 15.4. The molecule has 0 aliphatic carbocycles. The van der Waals surface area contributed by atoms with Crippen molar-refractivity contribution < 1.29 is 19.4 Å². The largest absolute Gasteiger partial charge is 0.492 e. The second-order valence-corrected chi connectivity index (χ2v) is 23.1. The lowest BCUT2D eigenvalue weighted by Crippen LogP contribution is -2.09. The topological polar surface area (TPSA) is 82.8 Å². The number of carbonyl (C=O) groups is 1. The molecule has 86 heavy (non-hydrogen) atoms. The van der Waals surface area contributed by atoms with Crippen molar-refractivity contribution in [2.75, 3.05) is 18.1 Å². The summed E-state index contributed by atoms with van der Waals surface area (Å²) in [6, 6.07) is 63.9. The lowest BCUT2D eigenvalue weighted by Gasteiger charge is -2.25. The van der Waals surface area contributed by atoms with Gasteiger partial charge in [0.15, 0.2) is 0 Å².